The van der Waals surface area contributed by atoms with Crippen LogP contribution in [0.1, 0.15) is 11.1 Å². The number of rotatable bonds is 3. The van der Waals surface area contributed by atoms with E-state index >= 15 is 0 Å². The molecule has 0 atom stereocenters. The van der Waals surface area contributed by atoms with Crippen molar-refractivity contribution < 1.29 is 9.32 Å². The van der Waals surface area contributed by atoms with Gasteiger partial charge in [-0.05, 0) is 31.0 Å². The van der Waals surface area contributed by atoms with E-state index < -0.39 is 6.03 Å². The summed E-state index contributed by atoms with van der Waals surface area (Å²) < 4.78 is 5.25. The molecule has 2 aromatic carbocycles. The molecule has 0 saturated heterocycles. The summed E-state index contributed by atoms with van der Waals surface area (Å²) in [4.78, 5) is 12.2. The van der Waals surface area contributed by atoms with Gasteiger partial charge in [0, 0.05) is 11.6 Å². The van der Waals surface area contributed by atoms with E-state index in [1.165, 1.54) is 0 Å². The fraction of sp³-hybridized carbons (Fsp3) is 0.111. The monoisotopic (exact) mass is 341 g/mol. The highest BCUT2D eigenvalue weighted by atomic mass is 35.5. The predicted octanol–water partition coefficient (Wildman–Crippen LogP) is 5.26. The summed E-state index contributed by atoms with van der Waals surface area (Å²) in [6.07, 6.45) is 0. The minimum Gasteiger partial charge on any atom is -0.354 e. The Morgan fingerprint density at radius 3 is 2.54 bits per heavy atom. The van der Waals surface area contributed by atoms with Crippen LogP contribution in [-0.2, 0) is 0 Å². The number of amides is 2. The average Bonchev–Trinajstić information content (AvgIpc) is 3.00. The van der Waals surface area contributed by atoms with Gasteiger partial charge in [0.1, 0.15) is 0 Å². The first kappa shape index (κ1) is 16.1. The number of urea groups is 1. The Labute approximate surface area is 144 Å². The van der Waals surface area contributed by atoms with Gasteiger partial charge in [-0.15, -0.1) is 0 Å². The third-order valence-corrected chi connectivity index (χ3v) is 3.78. The summed E-state index contributed by atoms with van der Waals surface area (Å²) in [5.74, 6) is 0.905. The Kier molecular flexibility index (Phi) is 4.53. The SMILES string of the molecule is Cc1cc(C)c(NC(=O)Nc2cc(-c3ccccc3)on2)c(Cl)c1. The van der Waals surface area contributed by atoms with Crippen molar-refractivity contribution in [1.82, 2.24) is 5.16 Å². The van der Waals surface area contributed by atoms with Crippen LogP contribution in [0, 0.1) is 13.8 Å². The van der Waals surface area contributed by atoms with E-state index in [1.807, 2.05) is 50.2 Å². The average molecular weight is 342 g/mol. The number of nitrogens with zero attached hydrogens (tertiary/aromatic N) is 1. The summed E-state index contributed by atoms with van der Waals surface area (Å²) in [7, 11) is 0. The van der Waals surface area contributed by atoms with Crippen LogP contribution in [0.3, 0.4) is 0 Å². The van der Waals surface area contributed by atoms with E-state index in [4.69, 9.17) is 16.1 Å². The van der Waals surface area contributed by atoms with Crippen molar-refractivity contribution in [2.75, 3.05) is 10.6 Å². The third-order valence-electron chi connectivity index (χ3n) is 3.48. The number of hydrogen-bond donors (Lipinski definition) is 2. The molecule has 0 aliphatic carbocycles. The van der Waals surface area contributed by atoms with Gasteiger partial charge >= 0.3 is 6.03 Å². The zero-order valence-corrected chi connectivity index (χ0v) is 14.0. The summed E-state index contributed by atoms with van der Waals surface area (Å²) in [5, 5.41) is 9.72. The van der Waals surface area contributed by atoms with Gasteiger partial charge in [0.05, 0.1) is 10.7 Å². The molecule has 24 heavy (non-hydrogen) atoms. The number of aryl methyl sites for hydroxylation is 2. The Morgan fingerprint density at radius 1 is 1.08 bits per heavy atom. The van der Waals surface area contributed by atoms with Crippen molar-refractivity contribution in [3.8, 4) is 11.3 Å². The molecule has 0 saturated carbocycles. The van der Waals surface area contributed by atoms with Crippen LogP contribution >= 0.6 is 11.6 Å². The van der Waals surface area contributed by atoms with Gasteiger partial charge in [0.2, 0.25) is 0 Å². The summed E-state index contributed by atoms with van der Waals surface area (Å²) in [5.41, 5.74) is 3.38. The zero-order valence-electron chi connectivity index (χ0n) is 13.3. The first-order chi connectivity index (χ1) is 11.5. The number of halogens is 1. The van der Waals surface area contributed by atoms with Crippen LogP contribution in [0.2, 0.25) is 5.02 Å². The molecule has 0 bridgehead atoms. The molecule has 1 aromatic heterocycles. The minimum atomic E-state index is -0.434. The molecule has 2 N–H and O–H groups in total. The van der Waals surface area contributed by atoms with Gasteiger partial charge < -0.3 is 9.84 Å². The van der Waals surface area contributed by atoms with E-state index in [0.29, 0.717) is 22.3 Å². The van der Waals surface area contributed by atoms with Crippen LogP contribution in [0.4, 0.5) is 16.3 Å². The molecular weight excluding hydrogens is 326 g/mol. The van der Waals surface area contributed by atoms with Gasteiger partial charge in [0.25, 0.3) is 0 Å². The maximum Gasteiger partial charge on any atom is 0.324 e. The van der Waals surface area contributed by atoms with Crippen molar-refractivity contribution in [2.24, 2.45) is 0 Å². The molecule has 3 rings (SSSR count). The molecule has 0 unspecified atom stereocenters. The highest BCUT2D eigenvalue weighted by Gasteiger charge is 2.12. The van der Waals surface area contributed by atoms with Gasteiger partial charge in [-0.25, -0.2) is 4.79 Å². The number of anilines is 2. The Hall–Kier alpha value is -2.79. The topological polar surface area (TPSA) is 67.2 Å². The lowest BCUT2D eigenvalue weighted by Gasteiger charge is -2.11. The summed E-state index contributed by atoms with van der Waals surface area (Å²) in [6, 6.07) is 14.5. The largest absolute Gasteiger partial charge is 0.354 e. The van der Waals surface area contributed by atoms with Gasteiger partial charge in [-0.1, -0.05) is 53.2 Å². The molecule has 3 aromatic rings. The van der Waals surface area contributed by atoms with Crippen molar-refractivity contribution in [1.29, 1.82) is 0 Å². The molecule has 5 nitrogen and oxygen atoms in total. The molecule has 1 heterocycles. The second-order valence-corrected chi connectivity index (χ2v) is 5.87. The van der Waals surface area contributed by atoms with E-state index in [9.17, 15) is 4.79 Å². The van der Waals surface area contributed by atoms with Crippen LogP contribution in [-0.4, -0.2) is 11.2 Å². The first-order valence-electron chi connectivity index (χ1n) is 7.40. The van der Waals surface area contributed by atoms with Crippen molar-refractivity contribution in [3.05, 3.63) is 64.7 Å². The number of carbonyl (C=O) groups is 1. The number of carbonyl (C=O) groups excluding carboxylic acids is 1. The highest BCUT2D eigenvalue weighted by molar-refractivity contribution is 6.34. The van der Waals surface area contributed by atoms with E-state index in [-0.39, 0.29) is 0 Å². The number of nitrogens with one attached hydrogen (secondary N) is 2. The Morgan fingerprint density at radius 2 is 1.83 bits per heavy atom. The summed E-state index contributed by atoms with van der Waals surface area (Å²) in [6.45, 7) is 3.83. The van der Waals surface area contributed by atoms with Crippen LogP contribution in [0.25, 0.3) is 11.3 Å². The maximum atomic E-state index is 12.2. The quantitative estimate of drug-likeness (QED) is 0.683. The molecular formula is C18H16ClN3O2. The lowest BCUT2D eigenvalue weighted by atomic mass is 10.1. The van der Waals surface area contributed by atoms with Crippen molar-refractivity contribution in [2.45, 2.75) is 13.8 Å². The van der Waals surface area contributed by atoms with Crippen molar-refractivity contribution >= 4 is 29.1 Å². The van der Waals surface area contributed by atoms with Crippen LogP contribution in [0.5, 0.6) is 0 Å². The van der Waals surface area contributed by atoms with E-state index in [1.54, 1.807) is 12.1 Å². The zero-order chi connectivity index (χ0) is 17.1. The molecule has 6 heteroatoms. The first-order valence-corrected chi connectivity index (χ1v) is 7.77. The normalized spacial score (nSPS) is 10.5. The van der Waals surface area contributed by atoms with Gasteiger partial charge in [0.15, 0.2) is 11.6 Å². The fourth-order valence-electron chi connectivity index (χ4n) is 2.41. The highest BCUT2D eigenvalue weighted by Crippen LogP contribution is 2.27. The van der Waals surface area contributed by atoms with Gasteiger partial charge in [-0.3, -0.25) is 5.32 Å². The van der Waals surface area contributed by atoms with E-state index in [0.717, 1.165) is 16.7 Å². The Balaban J connectivity index is 1.71. The fourth-order valence-corrected chi connectivity index (χ4v) is 2.78. The van der Waals surface area contributed by atoms with Crippen LogP contribution in [0.15, 0.2) is 53.1 Å². The second kappa shape index (κ2) is 6.76. The third kappa shape index (κ3) is 3.58. The smallest absolute Gasteiger partial charge is 0.324 e. The van der Waals surface area contributed by atoms with E-state index in [2.05, 4.69) is 15.8 Å². The molecule has 0 spiro atoms. The molecule has 122 valence electrons. The number of hydrogen-bond acceptors (Lipinski definition) is 3. The molecule has 2 amide bonds. The molecule has 0 radical (unpaired) electrons. The Bertz CT molecular complexity index is 852. The lowest BCUT2D eigenvalue weighted by molar-refractivity contribution is 0.262. The predicted molar refractivity (Wildman–Crippen MR) is 95.5 cm³/mol. The van der Waals surface area contributed by atoms with Crippen molar-refractivity contribution in [3.63, 3.8) is 0 Å². The molecule has 0 aliphatic heterocycles. The van der Waals surface area contributed by atoms with Gasteiger partial charge in [-0.2, -0.15) is 0 Å². The van der Waals surface area contributed by atoms with Crippen LogP contribution < -0.4 is 10.6 Å². The molecule has 0 fully saturated rings. The maximum absolute atomic E-state index is 12.2. The number of aromatic nitrogens is 1. The molecule has 0 aliphatic rings. The minimum absolute atomic E-state index is 0.326. The number of benzene rings is 2. The second-order valence-electron chi connectivity index (χ2n) is 5.46. The summed E-state index contributed by atoms with van der Waals surface area (Å²) >= 11 is 6.19. The standard InChI is InChI=1S/C18H16ClN3O2/c1-11-8-12(2)17(14(19)9-11)21-18(23)20-16-10-15(24-22-16)13-6-4-3-5-7-13/h3-10H,1-2H3,(H2,20,21,22,23). The lowest BCUT2D eigenvalue weighted by Crippen LogP contribution is -2.20.